The van der Waals surface area contributed by atoms with E-state index >= 15 is 0 Å². The molecule has 3 nitrogen and oxygen atoms in total. The van der Waals surface area contributed by atoms with Crippen LogP contribution < -0.4 is 0 Å². The lowest BCUT2D eigenvalue weighted by atomic mass is 10.0. The summed E-state index contributed by atoms with van der Waals surface area (Å²) in [5.41, 5.74) is 0. The van der Waals surface area contributed by atoms with E-state index < -0.39 is 0 Å². The van der Waals surface area contributed by atoms with E-state index in [0.717, 1.165) is 12.0 Å². The monoisotopic (exact) mass is 168 g/mol. The molecule has 0 saturated carbocycles. The van der Waals surface area contributed by atoms with Gasteiger partial charge >= 0.3 is 0 Å². The minimum Gasteiger partial charge on any atom is -0.492 e. The number of rotatable bonds is 4. The fraction of sp³-hybridized carbons (Fsp3) is 0.444. The van der Waals surface area contributed by atoms with E-state index in [0.29, 0.717) is 13.0 Å². The van der Waals surface area contributed by atoms with Crippen LogP contribution in [0.1, 0.15) is 6.42 Å². The fourth-order valence-corrected chi connectivity index (χ4v) is 0.989. The molecule has 12 heavy (non-hydrogen) atoms. The van der Waals surface area contributed by atoms with Crippen LogP contribution in [0.4, 0.5) is 0 Å². The first-order chi connectivity index (χ1) is 5.86. The van der Waals surface area contributed by atoms with Crippen LogP contribution in [0.2, 0.25) is 0 Å². The molecule has 0 heterocycles. The average molecular weight is 168 g/mol. The maximum atomic E-state index is 10.3. The van der Waals surface area contributed by atoms with Crippen molar-refractivity contribution in [2.24, 2.45) is 5.92 Å². The first-order valence-electron chi connectivity index (χ1n) is 3.94. The minimum absolute atomic E-state index is 0.00789. The molecule has 0 aromatic carbocycles. The molecule has 0 fully saturated rings. The van der Waals surface area contributed by atoms with Crippen molar-refractivity contribution in [2.75, 3.05) is 13.2 Å². The number of aliphatic hydroxyl groups is 1. The zero-order chi connectivity index (χ0) is 8.81. The van der Waals surface area contributed by atoms with Crippen LogP contribution in [-0.4, -0.2) is 24.6 Å². The third-order valence-corrected chi connectivity index (χ3v) is 1.63. The van der Waals surface area contributed by atoms with Crippen molar-refractivity contribution in [3.05, 3.63) is 24.0 Å². The molecule has 0 saturated heterocycles. The molecule has 0 aliphatic heterocycles. The number of carbonyl (C=O) groups is 1. The largest absolute Gasteiger partial charge is 0.492 e. The highest BCUT2D eigenvalue weighted by Gasteiger charge is 2.06. The number of aliphatic hydroxyl groups excluding tert-OH is 1. The number of aldehydes is 1. The van der Waals surface area contributed by atoms with Crippen LogP contribution in [-0.2, 0) is 9.53 Å². The highest BCUT2D eigenvalue weighted by molar-refractivity contribution is 5.58. The number of carbonyl (C=O) groups excluding carboxylic acids is 1. The summed E-state index contributed by atoms with van der Waals surface area (Å²) < 4.78 is 5.13. The number of ether oxygens (including phenoxy) is 1. The van der Waals surface area contributed by atoms with Gasteiger partial charge in [0.25, 0.3) is 0 Å². The van der Waals surface area contributed by atoms with E-state index in [1.807, 2.05) is 6.08 Å². The SMILES string of the molecule is O=CC1C=CC(OCCO)=CC1. The molecule has 1 aliphatic rings. The molecule has 1 atom stereocenters. The Labute approximate surface area is 71.3 Å². The molecule has 1 rings (SSSR count). The molecule has 0 amide bonds. The van der Waals surface area contributed by atoms with E-state index in [1.165, 1.54) is 0 Å². The second-order valence-corrected chi connectivity index (χ2v) is 2.57. The van der Waals surface area contributed by atoms with Crippen molar-refractivity contribution in [1.82, 2.24) is 0 Å². The van der Waals surface area contributed by atoms with E-state index in [-0.39, 0.29) is 12.5 Å². The van der Waals surface area contributed by atoms with Crippen molar-refractivity contribution in [3.8, 4) is 0 Å². The van der Waals surface area contributed by atoms with Gasteiger partial charge in [-0.15, -0.1) is 0 Å². The Morgan fingerprint density at radius 2 is 2.58 bits per heavy atom. The second-order valence-electron chi connectivity index (χ2n) is 2.57. The van der Waals surface area contributed by atoms with Crippen molar-refractivity contribution in [1.29, 1.82) is 0 Å². The van der Waals surface area contributed by atoms with Gasteiger partial charge in [-0.1, -0.05) is 6.08 Å². The Kier molecular flexibility index (Phi) is 3.54. The Balaban J connectivity index is 2.35. The lowest BCUT2D eigenvalue weighted by Crippen LogP contribution is -2.04. The summed E-state index contributed by atoms with van der Waals surface area (Å²) >= 11 is 0. The Morgan fingerprint density at radius 3 is 3.08 bits per heavy atom. The van der Waals surface area contributed by atoms with Gasteiger partial charge in [0.05, 0.1) is 6.61 Å². The Bertz CT molecular complexity index is 206. The molecule has 1 aliphatic carbocycles. The molecule has 0 aromatic rings. The first-order valence-corrected chi connectivity index (χ1v) is 3.94. The number of hydrogen-bond donors (Lipinski definition) is 1. The first kappa shape index (κ1) is 9.00. The van der Waals surface area contributed by atoms with Gasteiger partial charge in [-0.2, -0.15) is 0 Å². The molecule has 1 N–H and O–H groups in total. The summed E-state index contributed by atoms with van der Waals surface area (Å²) in [7, 11) is 0. The lowest BCUT2D eigenvalue weighted by molar-refractivity contribution is -0.109. The molecule has 0 radical (unpaired) electrons. The van der Waals surface area contributed by atoms with Crippen molar-refractivity contribution in [2.45, 2.75) is 6.42 Å². The number of allylic oxidation sites excluding steroid dienone is 3. The summed E-state index contributed by atoms with van der Waals surface area (Å²) in [6, 6.07) is 0. The highest BCUT2D eigenvalue weighted by Crippen LogP contribution is 2.14. The van der Waals surface area contributed by atoms with Crippen molar-refractivity contribution < 1.29 is 14.6 Å². The average Bonchev–Trinajstić information content (AvgIpc) is 2.15. The zero-order valence-electron chi connectivity index (χ0n) is 6.77. The highest BCUT2D eigenvalue weighted by atomic mass is 16.5. The quantitative estimate of drug-likeness (QED) is 0.627. The zero-order valence-corrected chi connectivity index (χ0v) is 6.77. The molecular formula is C9H12O3. The molecule has 66 valence electrons. The van der Waals surface area contributed by atoms with Gasteiger partial charge in [0.1, 0.15) is 18.7 Å². The second kappa shape index (κ2) is 4.72. The standard InChI is InChI=1S/C9H12O3/c10-5-6-12-9-3-1-8(7-11)2-4-9/h1,3-4,7-8,10H,2,5-6H2. The molecule has 0 spiro atoms. The molecular weight excluding hydrogens is 156 g/mol. The summed E-state index contributed by atoms with van der Waals surface area (Å²) in [5.74, 6) is 0.730. The van der Waals surface area contributed by atoms with Gasteiger partial charge < -0.3 is 14.6 Å². The normalized spacial score (nSPS) is 21.8. The van der Waals surface area contributed by atoms with E-state index in [9.17, 15) is 4.79 Å². The van der Waals surface area contributed by atoms with Gasteiger partial charge in [0.15, 0.2) is 0 Å². The third kappa shape index (κ3) is 2.51. The summed E-state index contributed by atoms with van der Waals surface area (Å²) in [4.78, 5) is 10.3. The maximum absolute atomic E-state index is 10.3. The summed E-state index contributed by atoms with van der Waals surface area (Å²) in [5, 5.41) is 8.46. The van der Waals surface area contributed by atoms with Crippen LogP contribution in [0, 0.1) is 5.92 Å². The van der Waals surface area contributed by atoms with Crippen LogP contribution >= 0.6 is 0 Å². The lowest BCUT2D eigenvalue weighted by Gasteiger charge is -2.11. The van der Waals surface area contributed by atoms with Crippen LogP contribution in [0.15, 0.2) is 24.0 Å². The predicted octanol–water partition coefficient (Wildman–Crippen LogP) is 0.654. The van der Waals surface area contributed by atoms with Gasteiger partial charge in [0, 0.05) is 5.92 Å². The van der Waals surface area contributed by atoms with Crippen LogP contribution in [0.5, 0.6) is 0 Å². The number of hydrogen-bond acceptors (Lipinski definition) is 3. The van der Waals surface area contributed by atoms with Crippen molar-refractivity contribution in [3.63, 3.8) is 0 Å². The molecule has 0 bridgehead atoms. The summed E-state index contributed by atoms with van der Waals surface area (Å²) in [6.07, 6.45) is 7.03. The molecule has 3 heteroatoms. The van der Waals surface area contributed by atoms with Gasteiger partial charge in [-0.05, 0) is 18.6 Å². The smallest absolute Gasteiger partial charge is 0.127 e. The molecule has 0 aromatic heterocycles. The minimum atomic E-state index is -0.00789. The Morgan fingerprint density at radius 1 is 1.75 bits per heavy atom. The summed E-state index contributed by atoms with van der Waals surface area (Å²) in [6.45, 7) is 0.324. The van der Waals surface area contributed by atoms with E-state index in [2.05, 4.69) is 0 Å². The van der Waals surface area contributed by atoms with Crippen molar-refractivity contribution >= 4 is 6.29 Å². The fourth-order valence-electron chi connectivity index (χ4n) is 0.989. The predicted molar refractivity (Wildman–Crippen MR) is 44.4 cm³/mol. The van der Waals surface area contributed by atoms with Gasteiger partial charge in [-0.3, -0.25) is 0 Å². The third-order valence-electron chi connectivity index (χ3n) is 1.63. The van der Waals surface area contributed by atoms with Crippen LogP contribution in [0.3, 0.4) is 0 Å². The maximum Gasteiger partial charge on any atom is 0.127 e. The van der Waals surface area contributed by atoms with Crippen LogP contribution in [0.25, 0.3) is 0 Å². The topological polar surface area (TPSA) is 46.5 Å². The molecule has 1 unspecified atom stereocenters. The van der Waals surface area contributed by atoms with E-state index in [1.54, 1.807) is 12.2 Å². The van der Waals surface area contributed by atoms with Gasteiger partial charge in [0.2, 0.25) is 0 Å². The van der Waals surface area contributed by atoms with E-state index in [4.69, 9.17) is 9.84 Å². The van der Waals surface area contributed by atoms with Gasteiger partial charge in [-0.25, -0.2) is 0 Å². The Hall–Kier alpha value is -1.09.